The Bertz CT molecular complexity index is 612. The molecule has 0 aliphatic rings. The lowest BCUT2D eigenvalue weighted by Crippen LogP contribution is -2.41. The third-order valence-corrected chi connectivity index (χ3v) is 2.75. The molecule has 0 fully saturated rings. The molecule has 0 bridgehead atoms. The SMILES string of the molecule is CC(C)(C)C(=O)NC(=O)Nc1cc(C(F)(F)F)cc(C(F)(F)F)c1. The van der Waals surface area contributed by atoms with Gasteiger partial charge >= 0.3 is 18.4 Å². The number of benzene rings is 1. The summed E-state index contributed by atoms with van der Waals surface area (Å²) in [6.45, 7) is 4.42. The maximum Gasteiger partial charge on any atom is 0.416 e. The number of amides is 3. The highest BCUT2D eigenvalue weighted by atomic mass is 19.4. The van der Waals surface area contributed by atoms with Crippen molar-refractivity contribution in [2.45, 2.75) is 33.1 Å². The van der Waals surface area contributed by atoms with Crippen molar-refractivity contribution >= 4 is 17.6 Å². The first-order valence-electron chi connectivity index (χ1n) is 6.52. The van der Waals surface area contributed by atoms with E-state index in [2.05, 4.69) is 0 Å². The number of carbonyl (C=O) groups is 2. The van der Waals surface area contributed by atoms with Crippen LogP contribution in [0.3, 0.4) is 0 Å². The monoisotopic (exact) mass is 356 g/mol. The van der Waals surface area contributed by atoms with Crippen molar-refractivity contribution in [1.29, 1.82) is 0 Å². The topological polar surface area (TPSA) is 58.2 Å². The molecule has 1 aromatic carbocycles. The largest absolute Gasteiger partial charge is 0.416 e. The van der Waals surface area contributed by atoms with Gasteiger partial charge in [0.15, 0.2) is 0 Å². The summed E-state index contributed by atoms with van der Waals surface area (Å²) >= 11 is 0. The van der Waals surface area contributed by atoms with E-state index in [0.717, 1.165) is 0 Å². The number of carbonyl (C=O) groups excluding carboxylic acids is 2. The molecule has 1 aromatic rings. The molecule has 0 spiro atoms. The lowest BCUT2D eigenvalue weighted by molar-refractivity contribution is -0.143. The number of imide groups is 1. The lowest BCUT2D eigenvalue weighted by Gasteiger charge is -2.18. The molecule has 0 radical (unpaired) electrons. The summed E-state index contributed by atoms with van der Waals surface area (Å²) in [6.07, 6.45) is -10.1. The van der Waals surface area contributed by atoms with Gasteiger partial charge in [-0.05, 0) is 18.2 Å². The highest BCUT2D eigenvalue weighted by Gasteiger charge is 2.37. The number of nitrogens with one attached hydrogen (secondary N) is 2. The second-order valence-electron chi connectivity index (χ2n) is 5.95. The first-order chi connectivity index (χ1) is 10.6. The summed E-state index contributed by atoms with van der Waals surface area (Å²) in [5, 5.41) is 3.63. The molecule has 0 aromatic heterocycles. The van der Waals surface area contributed by atoms with Crippen LogP contribution in [0.1, 0.15) is 31.9 Å². The van der Waals surface area contributed by atoms with E-state index in [1.54, 1.807) is 5.32 Å². The number of halogens is 6. The average molecular weight is 356 g/mol. The number of hydrogen-bond acceptors (Lipinski definition) is 2. The van der Waals surface area contributed by atoms with Crippen molar-refractivity contribution in [3.8, 4) is 0 Å². The van der Waals surface area contributed by atoms with Crippen LogP contribution in [0.15, 0.2) is 18.2 Å². The molecule has 1 rings (SSSR count). The zero-order chi connectivity index (χ0) is 18.9. The van der Waals surface area contributed by atoms with Gasteiger partial charge in [-0.25, -0.2) is 4.79 Å². The standard InChI is InChI=1S/C14H14F6N2O2/c1-12(2,3)10(23)22-11(24)21-9-5-7(13(15,16)17)4-8(6-9)14(18,19)20/h4-6H,1-3H3,(H2,21,22,23,24). The quantitative estimate of drug-likeness (QED) is 0.732. The van der Waals surface area contributed by atoms with Crippen LogP contribution in [0.25, 0.3) is 0 Å². The van der Waals surface area contributed by atoms with Crippen LogP contribution < -0.4 is 10.6 Å². The van der Waals surface area contributed by atoms with Crippen LogP contribution in [-0.2, 0) is 17.1 Å². The van der Waals surface area contributed by atoms with Crippen molar-refractivity contribution < 1.29 is 35.9 Å². The van der Waals surface area contributed by atoms with Gasteiger partial charge in [0.2, 0.25) is 5.91 Å². The molecule has 4 nitrogen and oxygen atoms in total. The molecule has 0 saturated carbocycles. The van der Waals surface area contributed by atoms with Crippen LogP contribution in [0.4, 0.5) is 36.8 Å². The van der Waals surface area contributed by atoms with Gasteiger partial charge in [0.05, 0.1) is 11.1 Å². The Kier molecular flexibility index (Phi) is 5.22. The maximum absolute atomic E-state index is 12.7. The minimum absolute atomic E-state index is 0.0661. The first-order valence-corrected chi connectivity index (χ1v) is 6.52. The molecule has 2 N–H and O–H groups in total. The van der Waals surface area contributed by atoms with Gasteiger partial charge in [0, 0.05) is 11.1 Å². The van der Waals surface area contributed by atoms with E-state index < -0.39 is 46.5 Å². The van der Waals surface area contributed by atoms with E-state index in [1.165, 1.54) is 20.8 Å². The summed E-state index contributed by atoms with van der Waals surface area (Å²) in [7, 11) is 0. The number of rotatable bonds is 1. The molecule has 0 aliphatic heterocycles. The Balaban J connectivity index is 3.11. The summed E-state index contributed by atoms with van der Waals surface area (Å²) < 4.78 is 76.1. The van der Waals surface area contributed by atoms with E-state index in [1.807, 2.05) is 5.32 Å². The summed E-state index contributed by atoms with van der Waals surface area (Å²) in [4.78, 5) is 23.2. The van der Waals surface area contributed by atoms with Gasteiger partial charge < -0.3 is 5.32 Å². The number of anilines is 1. The van der Waals surface area contributed by atoms with E-state index in [-0.39, 0.29) is 6.07 Å². The summed E-state index contributed by atoms with van der Waals surface area (Å²) in [5.41, 5.74) is -4.86. The molecule has 0 saturated heterocycles. The van der Waals surface area contributed by atoms with Crippen molar-refractivity contribution in [3.63, 3.8) is 0 Å². The van der Waals surface area contributed by atoms with Crippen molar-refractivity contribution in [2.75, 3.05) is 5.32 Å². The van der Waals surface area contributed by atoms with Crippen molar-refractivity contribution in [2.24, 2.45) is 5.41 Å². The highest BCUT2D eigenvalue weighted by Crippen LogP contribution is 2.37. The van der Waals surface area contributed by atoms with E-state index in [4.69, 9.17) is 0 Å². The zero-order valence-electron chi connectivity index (χ0n) is 12.8. The van der Waals surface area contributed by atoms with Crippen LogP contribution in [0.5, 0.6) is 0 Å². The van der Waals surface area contributed by atoms with Crippen molar-refractivity contribution in [1.82, 2.24) is 5.32 Å². The Morgan fingerprint density at radius 3 is 1.58 bits per heavy atom. The predicted molar refractivity (Wildman–Crippen MR) is 73.1 cm³/mol. The molecule has 0 atom stereocenters. The minimum atomic E-state index is -5.03. The fourth-order valence-corrected chi connectivity index (χ4v) is 1.48. The van der Waals surface area contributed by atoms with Crippen LogP contribution in [0.2, 0.25) is 0 Å². The third kappa shape index (κ3) is 5.43. The van der Waals surface area contributed by atoms with Gasteiger partial charge in [0.25, 0.3) is 0 Å². The van der Waals surface area contributed by atoms with E-state index >= 15 is 0 Å². The second kappa shape index (κ2) is 6.33. The maximum atomic E-state index is 12.7. The predicted octanol–water partition coefficient (Wildman–Crippen LogP) is 4.42. The Morgan fingerprint density at radius 1 is 0.833 bits per heavy atom. The molecular weight excluding hydrogens is 342 g/mol. The molecule has 3 amide bonds. The first kappa shape index (κ1) is 19.8. The van der Waals surface area contributed by atoms with E-state index in [0.29, 0.717) is 12.1 Å². The van der Waals surface area contributed by atoms with Gasteiger partial charge in [-0.3, -0.25) is 10.1 Å². The fraction of sp³-hybridized carbons (Fsp3) is 0.429. The van der Waals surface area contributed by atoms with Gasteiger partial charge in [0.1, 0.15) is 0 Å². The molecule has 0 heterocycles. The highest BCUT2D eigenvalue weighted by molar-refractivity contribution is 6.02. The smallest absolute Gasteiger partial charge is 0.308 e. The summed E-state index contributed by atoms with van der Waals surface area (Å²) in [6, 6.07) is -0.613. The van der Waals surface area contributed by atoms with Crippen molar-refractivity contribution in [3.05, 3.63) is 29.3 Å². The van der Waals surface area contributed by atoms with Gasteiger partial charge in [-0.15, -0.1) is 0 Å². The molecule has 10 heteroatoms. The number of urea groups is 1. The second-order valence-corrected chi connectivity index (χ2v) is 5.95. The number of alkyl halides is 6. The number of hydrogen-bond donors (Lipinski definition) is 2. The Morgan fingerprint density at radius 2 is 1.25 bits per heavy atom. The average Bonchev–Trinajstić information content (AvgIpc) is 2.34. The van der Waals surface area contributed by atoms with Crippen LogP contribution >= 0.6 is 0 Å². The fourth-order valence-electron chi connectivity index (χ4n) is 1.48. The normalized spacial score (nSPS) is 12.7. The minimum Gasteiger partial charge on any atom is -0.308 e. The molecular formula is C14H14F6N2O2. The Hall–Kier alpha value is -2.26. The third-order valence-electron chi connectivity index (χ3n) is 2.75. The van der Waals surface area contributed by atoms with Gasteiger partial charge in [-0.1, -0.05) is 20.8 Å². The summed E-state index contributed by atoms with van der Waals surface area (Å²) in [5.74, 6) is -0.747. The molecule has 134 valence electrons. The molecule has 0 unspecified atom stereocenters. The Labute approximate surface area is 133 Å². The zero-order valence-corrected chi connectivity index (χ0v) is 12.8. The van der Waals surface area contributed by atoms with Gasteiger partial charge in [-0.2, -0.15) is 26.3 Å². The van der Waals surface area contributed by atoms with Crippen LogP contribution in [0, 0.1) is 5.41 Å². The lowest BCUT2D eigenvalue weighted by atomic mass is 9.96. The van der Waals surface area contributed by atoms with E-state index in [9.17, 15) is 35.9 Å². The molecule has 24 heavy (non-hydrogen) atoms. The molecule has 0 aliphatic carbocycles. The van der Waals surface area contributed by atoms with Crippen LogP contribution in [-0.4, -0.2) is 11.9 Å².